The summed E-state index contributed by atoms with van der Waals surface area (Å²) in [6.07, 6.45) is 3.74. The molecule has 0 fully saturated rings. The summed E-state index contributed by atoms with van der Waals surface area (Å²) < 4.78 is 1.87. The molecule has 0 aliphatic heterocycles. The zero-order valence-corrected chi connectivity index (χ0v) is 8.98. The van der Waals surface area contributed by atoms with Crippen molar-refractivity contribution in [3.05, 3.63) is 52.8 Å². The second-order valence-electron chi connectivity index (χ2n) is 3.38. The van der Waals surface area contributed by atoms with Crippen molar-refractivity contribution >= 4 is 11.6 Å². The molecule has 1 aromatic carbocycles. The zero-order valence-electron chi connectivity index (χ0n) is 8.23. The number of hydrogen-bond acceptors (Lipinski definition) is 2. The quantitative estimate of drug-likeness (QED) is 0.862. The van der Waals surface area contributed by atoms with E-state index in [1.165, 1.54) is 5.56 Å². The number of nitrogens with zero attached hydrogens (tertiary/aromatic N) is 2. The maximum atomic E-state index is 5.80. The molecular formula is C11H12ClN3. The van der Waals surface area contributed by atoms with Crippen LogP contribution in [0.2, 0.25) is 5.02 Å². The lowest BCUT2D eigenvalue weighted by molar-refractivity contribution is 0.686. The van der Waals surface area contributed by atoms with Gasteiger partial charge in [-0.15, -0.1) is 0 Å². The van der Waals surface area contributed by atoms with Crippen LogP contribution in [-0.4, -0.2) is 9.78 Å². The molecule has 0 aliphatic rings. The Morgan fingerprint density at radius 1 is 1.20 bits per heavy atom. The van der Waals surface area contributed by atoms with E-state index < -0.39 is 0 Å². The predicted octanol–water partition coefficient (Wildman–Crippen LogP) is 2.04. The van der Waals surface area contributed by atoms with Crippen LogP contribution in [0.1, 0.15) is 11.1 Å². The Kier molecular flexibility index (Phi) is 3.04. The fourth-order valence-electron chi connectivity index (χ4n) is 1.38. The standard InChI is InChI=1S/C11H12ClN3/c12-11-3-1-9(2-4-11)7-15-8-10(5-13)6-14-15/h1-4,6,8H,5,7,13H2. The minimum Gasteiger partial charge on any atom is -0.326 e. The lowest BCUT2D eigenvalue weighted by atomic mass is 10.2. The molecule has 78 valence electrons. The van der Waals surface area contributed by atoms with Crippen molar-refractivity contribution < 1.29 is 0 Å². The minimum atomic E-state index is 0.528. The average Bonchev–Trinajstić information content (AvgIpc) is 2.69. The van der Waals surface area contributed by atoms with E-state index in [4.69, 9.17) is 17.3 Å². The van der Waals surface area contributed by atoms with Crippen molar-refractivity contribution in [1.29, 1.82) is 0 Å². The molecule has 3 nitrogen and oxygen atoms in total. The first-order chi connectivity index (χ1) is 7.28. The number of halogens is 1. The molecule has 4 heteroatoms. The maximum absolute atomic E-state index is 5.80. The van der Waals surface area contributed by atoms with Gasteiger partial charge in [-0.1, -0.05) is 23.7 Å². The highest BCUT2D eigenvalue weighted by Gasteiger charge is 1.98. The van der Waals surface area contributed by atoms with Gasteiger partial charge in [0.2, 0.25) is 0 Å². The van der Waals surface area contributed by atoms with Gasteiger partial charge in [0.1, 0.15) is 0 Å². The third-order valence-corrected chi connectivity index (χ3v) is 2.43. The Morgan fingerprint density at radius 3 is 2.53 bits per heavy atom. The zero-order chi connectivity index (χ0) is 10.7. The van der Waals surface area contributed by atoms with Gasteiger partial charge in [0.05, 0.1) is 12.7 Å². The van der Waals surface area contributed by atoms with Gasteiger partial charge >= 0.3 is 0 Å². The van der Waals surface area contributed by atoms with Crippen molar-refractivity contribution in [2.45, 2.75) is 13.1 Å². The molecule has 0 unspecified atom stereocenters. The summed E-state index contributed by atoms with van der Waals surface area (Å²) >= 11 is 5.80. The monoisotopic (exact) mass is 221 g/mol. The third kappa shape index (κ3) is 2.58. The van der Waals surface area contributed by atoms with Crippen molar-refractivity contribution in [3.8, 4) is 0 Å². The van der Waals surface area contributed by atoms with E-state index in [1.807, 2.05) is 35.1 Å². The Labute approximate surface area is 93.5 Å². The molecule has 2 aromatic rings. The number of hydrogen-bond donors (Lipinski definition) is 1. The summed E-state index contributed by atoms with van der Waals surface area (Å²) in [6, 6.07) is 7.74. The molecule has 15 heavy (non-hydrogen) atoms. The fourth-order valence-corrected chi connectivity index (χ4v) is 1.50. The Morgan fingerprint density at radius 2 is 1.93 bits per heavy atom. The first-order valence-electron chi connectivity index (χ1n) is 4.74. The highest BCUT2D eigenvalue weighted by Crippen LogP contribution is 2.10. The highest BCUT2D eigenvalue weighted by molar-refractivity contribution is 6.30. The number of aromatic nitrogens is 2. The molecule has 1 aromatic heterocycles. The van der Waals surface area contributed by atoms with E-state index in [2.05, 4.69) is 5.10 Å². The van der Waals surface area contributed by atoms with Crippen LogP contribution in [0.4, 0.5) is 0 Å². The van der Waals surface area contributed by atoms with E-state index in [0.717, 1.165) is 17.1 Å². The molecular weight excluding hydrogens is 210 g/mol. The van der Waals surface area contributed by atoms with Crippen LogP contribution in [-0.2, 0) is 13.1 Å². The Bertz CT molecular complexity index is 433. The summed E-state index contributed by atoms with van der Waals surface area (Å²) in [4.78, 5) is 0. The van der Waals surface area contributed by atoms with Crippen molar-refractivity contribution in [2.75, 3.05) is 0 Å². The van der Waals surface area contributed by atoms with Crippen LogP contribution in [0.3, 0.4) is 0 Å². The van der Waals surface area contributed by atoms with Crippen LogP contribution >= 0.6 is 11.6 Å². The molecule has 1 heterocycles. The van der Waals surface area contributed by atoms with Gasteiger partial charge in [-0.25, -0.2) is 0 Å². The van der Waals surface area contributed by atoms with Crippen molar-refractivity contribution in [1.82, 2.24) is 9.78 Å². The smallest absolute Gasteiger partial charge is 0.0659 e. The number of benzene rings is 1. The number of nitrogens with two attached hydrogens (primary N) is 1. The lowest BCUT2D eigenvalue weighted by Crippen LogP contribution is -2.00. The van der Waals surface area contributed by atoms with Crippen LogP contribution in [0.15, 0.2) is 36.7 Å². The molecule has 0 radical (unpaired) electrons. The molecule has 0 atom stereocenters. The first-order valence-corrected chi connectivity index (χ1v) is 5.11. The van der Waals surface area contributed by atoms with Gasteiger partial charge < -0.3 is 5.73 Å². The second kappa shape index (κ2) is 4.47. The summed E-state index contributed by atoms with van der Waals surface area (Å²) in [5.74, 6) is 0. The van der Waals surface area contributed by atoms with Crippen molar-refractivity contribution in [2.24, 2.45) is 5.73 Å². The van der Waals surface area contributed by atoms with E-state index in [0.29, 0.717) is 6.54 Å². The van der Waals surface area contributed by atoms with Crippen LogP contribution in [0.25, 0.3) is 0 Å². The van der Waals surface area contributed by atoms with Gasteiger partial charge in [-0.2, -0.15) is 5.10 Å². The first kappa shape index (κ1) is 10.2. The second-order valence-corrected chi connectivity index (χ2v) is 3.81. The van der Waals surface area contributed by atoms with Gasteiger partial charge in [-0.3, -0.25) is 4.68 Å². The fraction of sp³-hybridized carbons (Fsp3) is 0.182. The van der Waals surface area contributed by atoms with Crippen molar-refractivity contribution in [3.63, 3.8) is 0 Å². The lowest BCUT2D eigenvalue weighted by Gasteiger charge is -2.01. The van der Waals surface area contributed by atoms with Gasteiger partial charge in [0, 0.05) is 23.3 Å². The van der Waals surface area contributed by atoms with Crippen LogP contribution in [0.5, 0.6) is 0 Å². The van der Waals surface area contributed by atoms with E-state index >= 15 is 0 Å². The van der Waals surface area contributed by atoms with Crippen LogP contribution in [0, 0.1) is 0 Å². The molecule has 0 bridgehead atoms. The largest absolute Gasteiger partial charge is 0.326 e. The molecule has 0 saturated heterocycles. The third-order valence-electron chi connectivity index (χ3n) is 2.18. The SMILES string of the molecule is NCc1cnn(Cc2ccc(Cl)cc2)c1. The van der Waals surface area contributed by atoms with Gasteiger partial charge in [0.15, 0.2) is 0 Å². The maximum Gasteiger partial charge on any atom is 0.0659 e. The van der Waals surface area contributed by atoms with Crippen LogP contribution < -0.4 is 5.73 Å². The summed E-state index contributed by atoms with van der Waals surface area (Å²) in [6.45, 7) is 1.28. The molecule has 0 spiro atoms. The van der Waals surface area contributed by atoms with Gasteiger partial charge in [0.25, 0.3) is 0 Å². The molecule has 0 saturated carbocycles. The van der Waals surface area contributed by atoms with E-state index in [1.54, 1.807) is 6.20 Å². The normalized spacial score (nSPS) is 10.5. The molecule has 0 aliphatic carbocycles. The minimum absolute atomic E-state index is 0.528. The average molecular weight is 222 g/mol. The predicted molar refractivity (Wildman–Crippen MR) is 60.7 cm³/mol. The summed E-state index contributed by atoms with van der Waals surface area (Å²) in [7, 11) is 0. The van der Waals surface area contributed by atoms with E-state index in [-0.39, 0.29) is 0 Å². The number of rotatable bonds is 3. The molecule has 0 amide bonds. The van der Waals surface area contributed by atoms with Gasteiger partial charge in [-0.05, 0) is 17.7 Å². The topological polar surface area (TPSA) is 43.8 Å². The summed E-state index contributed by atoms with van der Waals surface area (Å²) in [5, 5.41) is 4.96. The Balaban J connectivity index is 2.11. The van der Waals surface area contributed by atoms with E-state index in [9.17, 15) is 0 Å². The Hall–Kier alpha value is -1.32. The molecule has 2 rings (SSSR count). The molecule has 2 N–H and O–H groups in total. The summed E-state index contributed by atoms with van der Waals surface area (Å²) in [5.41, 5.74) is 7.72. The highest BCUT2D eigenvalue weighted by atomic mass is 35.5.